The molecule has 0 radical (unpaired) electrons. The van der Waals surface area contributed by atoms with Crippen LogP contribution < -0.4 is 0 Å². The lowest BCUT2D eigenvalue weighted by molar-refractivity contribution is 0.0388. The highest BCUT2D eigenvalue weighted by Gasteiger charge is 2.07. The van der Waals surface area contributed by atoms with Crippen LogP contribution in [0.5, 0.6) is 0 Å². The Kier molecular flexibility index (Phi) is 7.11. The van der Waals surface area contributed by atoms with Crippen molar-refractivity contribution in [2.45, 2.75) is 0 Å². The van der Waals surface area contributed by atoms with Crippen LogP contribution in [0.1, 0.15) is 0 Å². The molecule has 0 saturated carbocycles. The van der Waals surface area contributed by atoms with Crippen LogP contribution in [0.25, 0.3) is 0 Å². The van der Waals surface area contributed by atoms with Gasteiger partial charge in [0.1, 0.15) is 0 Å². The van der Waals surface area contributed by atoms with Crippen LogP contribution in [0.3, 0.4) is 0 Å². The van der Waals surface area contributed by atoms with Gasteiger partial charge in [-0.15, -0.1) is 0 Å². The molecule has 0 aromatic heterocycles. The lowest BCUT2D eigenvalue weighted by atomic mass is 10.2. The highest BCUT2D eigenvalue weighted by molar-refractivity contribution is 6.01. The Hall–Kier alpha value is -2.13. The van der Waals surface area contributed by atoms with Crippen molar-refractivity contribution in [1.29, 1.82) is 0 Å². The van der Waals surface area contributed by atoms with Crippen LogP contribution in [0.15, 0.2) is 79.7 Å². The molecule has 0 aliphatic rings. The van der Waals surface area contributed by atoms with Gasteiger partial charge >= 0.3 is 0 Å². The summed E-state index contributed by atoms with van der Waals surface area (Å²) in [6.45, 7) is 14.1. The number of amidine groups is 1. The van der Waals surface area contributed by atoms with E-state index < -0.39 is 0 Å². The van der Waals surface area contributed by atoms with E-state index in [1.807, 2.05) is 0 Å². The van der Waals surface area contributed by atoms with Gasteiger partial charge in [0, 0.05) is 18.0 Å². The minimum absolute atomic E-state index is 0.308. The fourth-order valence-electron chi connectivity index (χ4n) is 0.942. The number of hydroxylamine groups is 2. The third kappa shape index (κ3) is 4.39. The van der Waals surface area contributed by atoms with Crippen LogP contribution >= 0.6 is 0 Å². The van der Waals surface area contributed by atoms with Gasteiger partial charge in [0.05, 0.1) is 0 Å². The first-order valence-electron chi connectivity index (χ1n) is 4.62. The topological polar surface area (TPSA) is 35.8 Å². The van der Waals surface area contributed by atoms with Gasteiger partial charge in [-0.1, -0.05) is 56.7 Å². The zero-order valence-electron chi connectivity index (χ0n) is 9.21. The van der Waals surface area contributed by atoms with E-state index in [-0.39, 0.29) is 0 Å². The molecule has 0 unspecified atom stereocenters. The van der Waals surface area contributed by atoms with E-state index in [1.54, 1.807) is 30.4 Å². The van der Waals surface area contributed by atoms with Crippen molar-refractivity contribution in [1.82, 2.24) is 5.06 Å². The minimum atomic E-state index is 0.308. The van der Waals surface area contributed by atoms with E-state index in [9.17, 15) is 5.21 Å². The summed E-state index contributed by atoms with van der Waals surface area (Å²) in [6.07, 6.45) is 11.0. The normalized spacial score (nSPS) is 12.3. The molecule has 0 bridgehead atoms. The molecule has 0 aliphatic heterocycles. The van der Waals surface area contributed by atoms with Crippen molar-refractivity contribution < 1.29 is 5.21 Å². The summed E-state index contributed by atoms with van der Waals surface area (Å²) in [7, 11) is 0. The molecular weight excluding hydrogens is 200 g/mol. The molecule has 0 heterocycles. The number of aliphatic imine (C=N–C) groups is 1. The first-order chi connectivity index (χ1) is 7.71. The molecule has 0 saturated heterocycles. The SMILES string of the molecule is C=C/C=C\C(=C/C=C)C(=NC=C)N(O)C=C. The molecule has 0 aliphatic carbocycles. The Bertz CT molecular complexity index is 362. The van der Waals surface area contributed by atoms with Crippen molar-refractivity contribution in [3.05, 3.63) is 74.7 Å². The van der Waals surface area contributed by atoms with Gasteiger partial charge in [-0.2, -0.15) is 0 Å². The van der Waals surface area contributed by atoms with Crippen molar-refractivity contribution in [3.63, 3.8) is 0 Å². The van der Waals surface area contributed by atoms with Crippen molar-refractivity contribution in [2.75, 3.05) is 0 Å². The lowest BCUT2D eigenvalue weighted by Gasteiger charge is -2.14. The number of hydrogen-bond donors (Lipinski definition) is 1. The van der Waals surface area contributed by atoms with E-state index in [0.29, 0.717) is 11.4 Å². The second-order valence-electron chi connectivity index (χ2n) is 2.61. The summed E-state index contributed by atoms with van der Waals surface area (Å²) < 4.78 is 0. The maximum Gasteiger partial charge on any atom is 0.164 e. The van der Waals surface area contributed by atoms with E-state index in [0.717, 1.165) is 5.06 Å². The van der Waals surface area contributed by atoms with Crippen molar-refractivity contribution in [2.24, 2.45) is 4.99 Å². The monoisotopic (exact) mass is 216 g/mol. The van der Waals surface area contributed by atoms with Gasteiger partial charge in [-0.05, 0) is 0 Å². The van der Waals surface area contributed by atoms with Gasteiger partial charge in [-0.25, -0.2) is 10.1 Å². The Labute approximate surface area is 96.4 Å². The summed E-state index contributed by atoms with van der Waals surface area (Å²) in [6, 6.07) is 0. The Morgan fingerprint density at radius 3 is 2.25 bits per heavy atom. The first-order valence-corrected chi connectivity index (χ1v) is 4.62. The maximum atomic E-state index is 9.55. The highest BCUT2D eigenvalue weighted by Crippen LogP contribution is 2.06. The summed E-state index contributed by atoms with van der Waals surface area (Å²) in [5, 5.41) is 10.4. The molecule has 1 N–H and O–H groups in total. The molecule has 0 spiro atoms. The molecular formula is C13H16N2O. The van der Waals surface area contributed by atoms with Gasteiger partial charge in [0.15, 0.2) is 5.84 Å². The average molecular weight is 216 g/mol. The number of allylic oxidation sites excluding steroid dienone is 4. The Morgan fingerprint density at radius 1 is 1.12 bits per heavy atom. The smallest absolute Gasteiger partial charge is 0.164 e. The second-order valence-corrected chi connectivity index (χ2v) is 2.61. The quantitative estimate of drug-likeness (QED) is 0.320. The van der Waals surface area contributed by atoms with Crippen molar-refractivity contribution in [3.8, 4) is 0 Å². The van der Waals surface area contributed by atoms with Crippen LogP contribution in [0.2, 0.25) is 0 Å². The largest absolute Gasteiger partial charge is 0.283 e. The molecule has 0 aromatic carbocycles. The Morgan fingerprint density at radius 2 is 1.81 bits per heavy atom. The summed E-state index contributed by atoms with van der Waals surface area (Å²) in [5.41, 5.74) is 0.664. The third-order valence-electron chi connectivity index (χ3n) is 1.57. The summed E-state index contributed by atoms with van der Waals surface area (Å²) in [5.74, 6) is 0.308. The number of rotatable bonds is 6. The molecule has 0 rings (SSSR count). The molecule has 0 amide bonds. The van der Waals surface area contributed by atoms with Crippen LogP contribution in [0, 0.1) is 0 Å². The fourth-order valence-corrected chi connectivity index (χ4v) is 0.942. The van der Waals surface area contributed by atoms with Crippen LogP contribution in [-0.2, 0) is 0 Å². The zero-order chi connectivity index (χ0) is 12.4. The average Bonchev–Trinajstić information content (AvgIpc) is 2.31. The molecule has 84 valence electrons. The van der Waals surface area contributed by atoms with E-state index >= 15 is 0 Å². The molecule has 3 nitrogen and oxygen atoms in total. The van der Waals surface area contributed by atoms with E-state index in [2.05, 4.69) is 31.3 Å². The third-order valence-corrected chi connectivity index (χ3v) is 1.57. The standard InChI is InChI=1S/C13H16N2O/c1-5-9-11-12(10-6-2)13(14-7-3)15(16)8-4/h5-11,16H,1-4H2/b11-9-,12-10+,14-13?. The van der Waals surface area contributed by atoms with Crippen LogP contribution in [0.4, 0.5) is 0 Å². The predicted molar refractivity (Wildman–Crippen MR) is 69.1 cm³/mol. The number of hydrogen-bond acceptors (Lipinski definition) is 2. The Balaban J connectivity index is 5.34. The fraction of sp³-hybridized carbons (Fsp3) is 0. The molecule has 3 heteroatoms. The molecule has 16 heavy (non-hydrogen) atoms. The summed E-state index contributed by atoms with van der Waals surface area (Å²) >= 11 is 0. The van der Waals surface area contributed by atoms with Crippen LogP contribution in [-0.4, -0.2) is 16.1 Å². The zero-order valence-corrected chi connectivity index (χ0v) is 9.21. The first kappa shape index (κ1) is 13.9. The molecule has 0 atom stereocenters. The number of nitrogens with zero attached hydrogens (tertiary/aromatic N) is 2. The highest BCUT2D eigenvalue weighted by atomic mass is 16.5. The van der Waals surface area contributed by atoms with E-state index in [4.69, 9.17) is 0 Å². The van der Waals surface area contributed by atoms with Gasteiger partial charge in [0.25, 0.3) is 0 Å². The lowest BCUT2D eigenvalue weighted by Crippen LogP contribution is -2.22. The molecule has 0 aromatic rings. The second kappa shape index (κ2) is 8.20. The van der Waals surface area contributed by atoms with Gasteiger partial charge in [-0.3, -0.25) is 5.21 Å². The van der Waals surface area contributed by atoms with Gasteiger partial charge in [0.2, 0.25) is 0 Å². The minimum Gasteiger partial charge on any atom is -0.283 e. The predicted octanol–water partition coefficient (Wildman–Crippen LogP) is 3.22. The van der Waals surface area contributed by atoms with E-state index in [1.165, 1.54) is 12.4 Å². The maximum absolute atomic E-state index is 9.55. The summed E-state index contributed by atoms with van der Waals surface area (Å²) in [4.78, 5) is 3.95. The van der Waals surface area contributed by atoms with Gasteiger partial charge < -0.3 is 0 Å². The van der Waals surface area contributed by atoms with Crippen molar-refractivity contribution >= 4 is 5.84 Å². The molecule has 0 fully saturated rings.